The van der Waals surface area contributed by atoms with Gasteiger partial charge in [-0.15, -0.1) is 5.10 Å². The van der Waals surface area contributed by atoms with Gasteiger partial charge in [0.05, 0.1) is 48.0 Å². The van der Waals surface area contributed by atoms with E-state index in [2.05, 4.69) is 15.2 Å². The average Bonchev–Trinajstić information content (AvgIpc) is 3.41. The third-order valence-corrected chi connectivity index (χ3v) is 5.41. The van der Waals surface area contributed by atoms with E-state index < -0.39 is 23.2 Å². The minimum atomic E-state index is -4.51. The maximum atomic E-state index is 13.7. The van der Waals surface area contributed by atoms with Gasteiger partial charge in [-0.25, -0.2) is 18.4 Å². The molecule has 3 aromatic heterocycles. The summed E-state index contributed by atoms with van der Waals surface area (Å²) < 4.78 is 62.4. The summed E-state index contributed by atoms with van der Waals surface area (Å²) in [4.78, 5) is 17.2. The van der Waals surface area contributed by atoms with Crippen molar-refractivity contribution >= 4 is 10.9 Å². The third-order valence-electron chi connectivity index (χ3n) is 5.41. The fourth-order valence-corrected chi connectivity index (χ4v) is 3.81. The van der Waals surface area contributed by atoms with Crippen LogP contribution in [0.1, 0.15) is 18.1 Å². The molecule has 0 aliphatic rings. The van der Waals surface area contributed by atoms with Gasteiger partial charge in [-0.3, -0.25) is 4.98 Å². The second kappa shape index (κ2) is 8.95. The number of hydrogen-bond donors (Lipinski definition) is 0. The fraction of sp³-hybridized carbons (Fsp3) is 0.167. The highest BCUT2D eigenvalue weighted by Crippen LogP contribution is 2.30. The number of pyridine rings is 1. The number of halogens is 4. The van der Waals surface area contributed by atoms with Crippen LogP contribution in [-0.4, -0.2) is 35.7 Å². The Kier molecular flexibility index (Phi) is 5.78. The number of fused-ring (bicyclic) bond motifs is 1. The molecular formula is C24H18F4N6O2. The van der Waals surface area contributed by atoms with Gasteiger partial charge in [0.1, 0.15) is 5.82 Å². The second-order valence-corrected chi connectivity index (χ2v) is 7.84. The molecule has 0 amide bonds. The van der Waals surface area contributed by atoms with Gasteiger partial charge in [-0.05, 0) is 36.8 Å². The first kappa shape index (κ1) is 23.3. The zero-order chi connectivity index (χ0) is 25.4. The summed E-state index contributed by atoms with van der Waals surface area (Å²) in [5.41, 5.74) is 0.100. The van der Waals surface area contributed by atoms with E-state index in [0.29, 0.717) is 22.3 Å². The summed E-state index contributed by atoms with van der Waals surface area (Å²) in [7, 11) is 0. The van der Waals surface area contributed by atoms with Crippen LogP contribution in [0.15, 0.2) is 71.9 Å². The minimum absolute atomic E-state index is 0.0429. The summed E-state index contributed by atoms with van der Waals surface area (Å²) in [6.07, 6.45) is -0.386. The molecule has 0 bridgehead atoms. The molecule has 184 valence electrons. The van der Waals surface area contributed by atoms with E-state index in [-0.39, 0.29) is 24.7 Å². The standard InChI is InChI=1S/C24H18F4N6O2/c1-2-36-22-31-34(23(35)32(22)13-15-5-3-6-16(9-15)24(26,27)28)21-8-4-7-20-19(21)14-33(30-20)18-10-17(25)11-29-12-18/h3-12,14H,2,13H2,1H3. The molecule has 0 aliphatic heterocycles. The van der Waals surface area contributed by atoms with Crippen molar-refractivity contribution in [3.8, 4) is 17.4 Å². The van der Waals surface area contributed by atoms with Crippen LogP contribution in [-0.2, 0) is 12.7 Å². The SMILES string of the molecule is CCOc1nn(-c2cccc3nn(-c4cncc(F)c4)cc23)c(=O)n1Cc1cccc(C(F)(F)F)c1. The molecule has 0 spiro atoms. The van der Waals surface area contributed by atoms with Crippen LogP contribution < -0.4 is 10.4 Å². The van der Waals surface area contributed by atoms with Crippen LogP contribution >= 0.6 is 0 Å². The summed E-state index contributed by atoms with van der Waals surface area (Å²) in [6, 6.07) is 11.0. The lowest BCUT2D eigenvalue weighted by Crippen LogP contribution is -2.25. The molecule has 2 aromatic carbocycles. The van der Waals surface area contributed by atoms with Gasteiger partial charge in [0.2, 0.25) is 0 Å². The van der Waals surface area contributed by atoms with E-state index in [9.17, 15) is 22.4 Å². The van der Waals surface area contributed by atoms with E-state index >= 15 is 0 Å². The molecule has 0 atom stereocenters. The molecule has 0 N–H and O–H groups in total. The van der Waals surface area contributed by atoms with Crippen LogP contribution in [0, 0.1) is 5.82 Å². The smallest absolute Gasteiger partial charge is 0.416 e. The van der Waals surface area contributed by atoms with Crippen molar-refractivity contribution < 1.29 is 22.3 Å². The molecule has 3 heterocycles. The Morgan fingerprint density at radius 3 is 2.58 bits per heavy atom. The number of benzene rings is 2. The Morgan fingerprint density at radius 1 is 1.03 bits per heavy atom. The van der Waals surface area contributed by atoms with Crippen LogP contribution in [0.5, 0.6) is 6.01 Å². The van der Waals surface area contributed by atoms with E-state index in [0.717, 1.165) is 23.0 Å². The molecule has 5 rings (SSSR count). The number of ether oxygens (including phenoxy) is 1. The van der Waals surface area contributed by atoms with Gasteiger partial charge in [0.15, 0.2) is 0 Å². The lowest BCUT2D eigenvalue weighted by Gasteiger charge is -2.09. The average molecular weight is 498 g/mol. The highest BCUT2D eigenvalue weighted by atomic mass is 19.4. The van der Waals surface area contributed by atoms with Crippen LogP contribution in [0.3, 0.4) is 0 Å². The van der Waals surface area contributed by atoms with Gasteiger partial charge >= 0.3 is 17.9 Å². The number of alkyl halides is 3. The molecular weight excluding hydrogens is 480 g/mol. The molecule has 5 aromatic rings. The number of hydrogen-bond acceptors (Lipinski definition) is 5. The second-order valence-electron chi connectivity index (χ2n) is 7.84. The first-order valence-corrected chi connectivity index (χ1v) is 10.8. The largest absolute Gasteiger partial charge is 0.464 e. The third kappa shape index (κ3) is 4.32. The number of rotatable bonds is 6. The van der Waals surface area contributed by atoms with Crippen LogP contribution in [0.2, 0.25) is 0 Å². The quantitative estimate of drug-likeness (QED) is 0.325. The topological polar surface area (TPSA) is 79.8 Å². The molecule has 0 radical (unpaired) electrons. The Balaban J connectivity index is 1.60. The number of aromatic nitrogens is 6. The summed E-state index contributed by atoms with van der Waals surface area (Å²) in [6.45, 7) is 1.71. The molecule has 0 saturated heterocycles. The highest BCUT2D eigenvalue weighted by molar-refractivity contribution is 5.87. The van der Waals surface area contributed by atoms with Crippen molar-refractivity contribution in [2.75, 3.05) is 6.61 Å². The molecule has 0 unspecified atom stereocenters. The maximum Gasteiger partial charge on any atom is 0.416 e. The summed E-state index contributed by atoms with van der Waals surface area (Å²) >= 11 is 0. The van der Waals surface area contributed by atoms with E-state index in [4.69, 9.17) is 4.74 Å². The number of nitrogens with zero attached hydrogens (tertiary/aromatic N) is 6. The first-order valence-electron chi connectivity index (χ1n) is 10.8. The predicted octanol–water partition coefficient (Wildman–Crippen LogP) is 4.37. The van der Waals surface area contributed by atoms with Gasteiger partial charge in [-0.1, -0.05) is 18.2 Å². The van der Waals surface area contributed by atoms with Gasteiger partial charge in [0.25, 0.3) is 0 Å². The Hall–Kier alpha value is -4.48. The minimum Gasteiger partial charge on any atom is -0.464 e. The summed E-state index contributed by atoms with van der Waals surface area (Å²) in [5, 5.41) is 9.26. The van der Waals surface area contributed by atoms with Crippen LogP contribution in [0.25, 0.3) is 22.3 Å². The Morgan fingerprint density at radius 2 is 1.83 bits per heavy atom. The zero-order valence-corrected chi connectivity index (χ0v) is 18.8. The predicted molar refractivity (Wildman–Crippen MR) is 122 cm³/mol. The monoisotopic (exact) mass is 498 g/mol. The van der Waals surface area contributed by atoms with Crippen molar-refractivity contribution in [2.24, 2.45) is 0 Å². The molecule has 0 saturated carbocycles. The van der Waals surface area contributed by atoms with Crippen molar-refractivity contribution in [3.63, 3.8) is 0 Å². The van der Waals surface area contributed by atoms with E-state index in [1.807, 2.05) is 0 Å². The van der Waals surface area contributed by atoms with Crippen molar-refractivity contribution in [2.45, 2.75) is 19.6 Å². The van der Waals surface area contributed by atoms with Crippen LogP contribution in [0.4, 0.5) is 17.6 Å². The van der Waals surface area contributed by atoms with Crippen molar-refractivity contribution in [3.05, 3.63) is 94.5 Å². The normalized spacial score (nSPS) is 11.8. The Bertz CT molecular complexity index is 1620. The molecule has 0 fully saturated rings. The lowest BCUT2D eigenvalue weighted by molar-refractivity contribution is -0.137. The van der Waals surface area contributed by atoms with Gasteiger partial charge in [-0.2, -0.15) is 23.0 Å². The van der Waals surface area contributed by atoms with Crippen molar-refractivity contribution in [1.29, 1.82) is 0 Å². The fourth-order valence-electron chi connectivity index (χ4n) is 3.81. The summed E-state index contributed by atoms with van der Waals surface area (Å²) in [5.74, 6) is -0.529. The molecule has 0 aliphatic carbocycles. The van der Waals surface area contributed by atoms with Gasteiger partial charge in [0, 0.05) is 17.6 Å². The molecule has 12 heteroatoms. The van der Waals surface area contributed by atoms with E-state index in [1.165, 1.54) is 33.6 Å². The Labute approximate surface area is 201 Å². The van der Waals surface area contributed by atoms with E-state index in [1.54, 1.807) is 31.3 Å². The van der Waals surface area contributed by atoms with Crippen molar-refractivity contribution in [1.82, 2.24) is 29.1 Å². The lowest BCUT2D eigenvalue weighted by atomic mass is 10.1. The highest BCUT2D eigenvalue weighted by Gasteiger charge is 2.30. The van der Waals surface area contributed by atoms with Gasteiger partial charge < -0.3 is 4.74 Å². The zero-order valence-electron chi connectivity index (χ0n) is 18.8. The first-order chi connectivity index (χ1) is 17.2. The maximum absolute atomic E-state index is 13.7. The molecule has 36 heavy (non-hydrogen) atoms. The molecule has 8 nitrogen and oxygen atoms in total.